The molecule has 1 heterocycles. The average Bonchev–Trinajstić information content (AvgIpc) is 2.66. The molecule has 1 aromatic rings. The Morgan fingerprint density at radius 1 is 1.15 bits per heavy atom. The van der Waals surface area contributed by atoms with Crippen molar-refractivity contribution in [1.29, 1.82) is 0 Å². The zero-order valence-corrected chi connectivity index (χ0v) is 15.7. The maximum Gasteiger partial charge on any atom is 0.257 e. The summed E-state index contributed by atoms with van der Waals surface area (Å²) in [6.45, 7) is 7.02. The molecule has 1 aliphatic rings. The molecule has 1 fully saturated rings. The lowest BCUT2D eigenvalue weighted by atomic mass is 10.1. The van der Waals surface area contributed by atoms with Gasteiger partial charge in [-0.25, -0.2) is 0 Å². The maximum absolute atomic E-state index is 11.8. The molecule has 26 heavy (non-hydrogen) atoms. The summed E-state index contributed by atoms with van der Waals surface area (Å²) in [4.78, 5) is 25.2. The van der Waals surface area contributed by atoms with Crippen molar-refractivity contribution in [1.82, 2.24) is 10.2 Å². The number of unbranched alkanes of at least 4 members (excludes halogenated alkanes) is 1. The third-order valence-corrected chi connectivity index (χ3v) is 4.39. The van der Waals surface area contributed by atoms with Gasteiger partial charge in [-0.05, 0) is 50.4 Å². The van der Waals surface area contributed by atoms with Crippen LogP contribution in [0.5, 0.6) is 5.75 Å². The maximum atomic E-state index is 11.8. The van der Waals surface area contributed by atoms with E-state index in [4.69, 9.17) is 9.47 Å². The molecule has 1 amide bonds. The molecule has 0 atom stereocenters. The van der Waals surface area contributed by atoms with Crippen LogP contribution in [-0.2, 0) is 20.7 Å². The molecular weight excluding hydrogens is 332 g/mol. The van der Waals surface area contributed by atoms with Crippen LogP contribution in [0.15, 0.2) is 24.3 Å². The first-order valence-electron chi connectivity index (χ1n) is 9.41. The highest BCUT2D eigenvalue weighted by molar-refractivity contribution is 5.77. The highest BCUT2D eigenvalue weighted by Gasteiger charge is 2.09. The molecule has 1 saturated heterocycles. The van der Waals surface area contributed by atoms with Crippen LogP contribution in [-0.4, -0.2) is 62.6 Å². The Morgan fingerprint density at radius 2 is 1.88 bits per heavy atom. The van der Waals surface area contributed by atoms with Gasteiger partial charge < -0.3 is 19.6 Å². The standard InChI is InChI=1S/C20H30N2O4/c1-17(23)4-5-18-6-8-19(9-7-18)26-16-20(24)21-10-2-3-11-22-12-14-25-15-13-22/h6-9H,2-5,10-16H2,1H3,(H,21,24). The number of ether oxygens (including phenoxy) is 2. The lowest BCUT2D eigenvalue weighted by Crippen LogP contribution is -2.37. The van der Waals surface area contributed by atoms with Crippen molar-refractivity contribution >= 4 is 11.7 Å². The number of carbonyl (C=O) groups excluding carboxylic acids is 2. The Labute approximate surface area is 155 Å². The number of ketones is 1. The molecule has 0 aliphatic carbocycles. The quantitative estimate of drug-likeness (QED) is 0.608. The molecule has 1 N–H and O–H groups in total. The Kier molecular flexibility index (Phi) is 9.14. The minimum Gasteiger partial charge on any atom is -0.484 e. The van der Waals surface area contributed by atoms with Crippen molar-refractivity contribution in [3.05, 3.63) is 29.8 Å². The molecule has 0 spiro atoms. The average molecular weight is 362 g/mol. The first kappa shape index (κ1) is 20.4. The van der Waals surface area contributed by atoms with E-state index >= 15 is 0 Å². The fraction of sp³-hybridized carbons (Fsp3) is 0.600. The van der Waals surface area contributed by atoms with Gasteiger partial charge in [0.05, 0.1) is 13.2 Å². The number of hydrogen-bond donors (Lipinski definition) is 1. The molecule has 0 saturated carbocycles. The molecule has 0 radical (unpaired) electrons. The summed E-state index contributed by atoms with van der Waals surface area (Å²) in [5.74, 6) is 0.753. The van der Waals surface area contributed by atoms with Crippen molar-refractivity contribution in [3.8, 4) is 5.75 Å². The Hall–Kier alpha value is -1.92. The topological polar surface area (TPSA) is 67.9 Å². The molecular formula is C20H30N2O4. The van der Waals surface area contributed by atoms with Crippen LogP contribution in [0.25, 0.3) is 0 Å². The molecule has 6 heteroatoms. The number of carbonyl (C=O) groups is 2. The molecule has 2 rings (SSSR count). The fourth-order valence-electron chi connectivity index (χ4n) is 2.79. The number of amides is 1. The molecule has 1 aliphatic heterocycles. The molecule has 0 bridgehead atoms. The predicted molar refractivity (Wildman–Crippen MR) is 100 cm³/mol. The van der Waals surface area contributed by atoms with Gasteiger partial charge in [0.2, 0.25) is 0 Å². The van der Waals surface area contributed by atoms with Gasteiger partial charge in [-0.3, -0.25) is 9.69 Å². The lowest BCUT2D eigenvalue weighted by molar-refractivity contribution is -0.123. The zero-order valence-electron chi connectivity index (χ0n) is 15.7. The van der Waals surface area contributed by atoms with Crippen molar-refractivity contribution < 1.29 is 19.1 Å². The van der Waals surface area contributed by atoms with Crippen molar-refractivity contribution in [2.75, 3.05) is 46.0 Å². The summed E-state index contributed by atoms with van der Waals surface area (Å²) in [5, 5.41) is 2.89. The summed E-state index contributed by atoms with van der Waals surface area (Å²) >= 11 is 0. The van der Waals surface area contributed by atoms with E-state index in [1.54, 1.807) is 6.92 Å². The minimum absolute atomic E-state index is 0.0241. The number of aryl methyl sites for hydroxylation is 1. The second kappa shape index (κ2) is 11.6. The number of benzene rings is 1. The van der Waals surface area contributed by atoms with Gasteiger partial charge >= 0.3 is 0 Å². The van der Waals surface area contributed by atoms with Crippen molar-refractivity contribution in [3.63, 3.8) is 0 Å². The minimum atomic E-state index is -0.1000. The van der Waals surface area contributed by atoms with E-state index in [1.807, 2.05) is 24.3 Å². The van der Waals surface area contributed by atoms with Crippen LogP contribution in [0.4, 0.5) is 0 Å². The van der Waals surface area contributed by atoms with Gasteiger partial charge in [0.15, 0.2) is 6.61 Å². The number of rotatable bonds is 11. The van der Waals surface area contributed by atoms with Crippen LogP contribution in [0, 0.1) is 0 Å². The first-order valence-corrected chi connectivity index (χ1v) is 9.41. The molecule has 6 nitrogen and oxygen atoms in total. The second-order valence-corrected chi connectivity index (χ2v) is 6.65. The van der Waals surface area contributed by atoms with Crippen molar-refractivity contribution in [2.24, 2.45) is 0 Å². The van der Waals surface area contributed by atoms with Crippen LogP contribution in [0.3, 0.4) is 0 Å². The smallest absolute Gasteiger partial charge is 0.257 e. The second-order valence-electron chi connectivity index (χ2n) is 6.65. The normalized spacial score (nSPS) is 14.8. The van der Waals surface area contributed by atoms with Crippen molar-refractivity contribution in [2.45, 2.75) is 32.6 Å². The van der Waals surface area contributed by atoms with Gasteiger partial charge in [0.25, 0.3) is 5.91 Å². The van der Waals surface area contributed by atoms with Crippen LogP contribution < -0.4 is 10.1 Å². The molecule has 0 unspecified atom stereocenters. The van der Waals surface area contributed by atoms with Gasteiger partial charge in [0.1, 0.15) is 11.5 Å². The first-order chi connectivity index (χ1) is 12.6. The van der Waals surface area contributed by atoms with E-state index in [2.05, 4.69) is 10.2 Å². The van der Waals surface area contributed by atoms with Crippen LogP contribution >= 0.6 is 0 Å². The third kappa shape index (κ3) is 8.45. The Balaban J connectivity index is 1.53. The van der Waals surface area contributed by atoms with E-state index in [0.29, 0.717) is 18.7 Å². The predicted octanol–water partition coefficient (Wildman–Crippen LogP) is 1.82. The van der Waals surface area contributed by atoms with Gasteiger partial charge in [0, 0.05) is 26.1 Å². The fourth-order valence-corrected chi connectivity index (χ4v) is 2.79. The highest BCUT2D eigenvalue weighted by atomic mass is 16.5. The molecule has 144 valence electrons. The van der Waals surface area contributed by atoms with E-state index in [9.17, 15) is 9.59 Å². The van der Waals surface area contributed by atoms with Crippen LogP contribution in [0.2, 0.25) is 0 Å². The van der Waals surface area contributed by atoms with Gasteiger partial charge in [-0.1, -0.05) is 12.1 Å². The number of morpholine rings is 1. The summed E-state index contributed by atoms with van der Waals surface area (Å²) in [5.41, 5.74) is 1.09. The van der Waals surface area contributed by atoms with Gasteiger partial charge in [-0.15, -0.1) is 0 Å². The largest absolute Gasteiger partial charge is 0.484 e. The summed E-state index contributed by atoms with van der Waals surface area (Å²) in [7, 11) is 0. The molecule has 1 aromatic carbocycles. The van der Waals surface area contributed by atoms with Crippen LogP contribution in [0.1, 0.15) is 31.7 Å². The summed E-state index contributed by atoms with van der Waals surface area (Å²) in [6.07, 6.45) is 3.32. The molecule has 0 aromatic heterocycles. The number of hydrogen-bond acceptors (Lipinski definition) is 5. The lowest BCUT2D eigenvalue weighted by Gasteiger charge is -2.26. The summed E-state index contributed by atoms with van der Waals surface area (Å²) < 4.78 is 10.8. The van der Waals surface area contributed by atoms with E-state index in [1.165, 1.54) is 0 Å². The van der Waals surface area contributed by atoms with Gasteiger partial charge in [-0.2, -0.15) is 0 Å². The summed E-state index contributed by atoms with van der Waals surface area (Å²) in [6, 6.07) is 7.54. The zero-order chi connectivity index (χ0) is 18.6. The number of Topliss-reactive ketones (excluding diaryl/α,β-unsaturated/α-hetero) is 1. The van der Waals surface area contributed by atoms with E-state index in [0.717, 1.165) is 57.7 Å². The van der Waals surface area contributed by atoms with E-state index in [-0.39, 0.29) is 18.3 Å². The SMILES string of the molecule is CC(=O)CCc1ccc(OCC(=O)NCCCCN2CCOCC2)cc1. The Morgan fingerprint density at radius 3 is 2.58 bits per heavy atom. The number of nitrogens with zero attached hydrogens (tertiary/aromatic N) is 1. The number of nitrogens with one attached hydrogen (secondary N) is 1. The highest BCUT2D eigenvalue weighted by Crippen LogP contribution is 2.13. The Bertz CT molecular complexity index is 553. The third-order valence-electron chi connectivity index (χ3n) is 4.39. The van der Waals surface area contributed by atoms with E-state index < -0.39 is 0 Å². The monoisotopic (exact) mass is 362 g/mol.